The molecular formula is C56H106O10. The van der Waals surface area contributed by atoms with Gasteiger partial charge in [-0.1, -0.05) is 182 Å². The molecule has 4 unspecified atom stereocenters. The highest BCUT2D eigenvalue weighted by molar-refractivity contribution is 5.70. The lowest BCUT2D eigenvalue weighted by atomic mass is 9.99. The van der Waals surface area contributed by atoms with Gasteiger partial charge in [0.2, 0.25) is 0 Å². The van der Waals surface area contributed by atoms with Gasteiger partial charge < -0.3 is 28.4 Å². The van der Waals surface area contributed by atoms with Gasteiger partial charge in [0.05, 0.1) is 26.4 Å². The Morgan fingerprint density at radius 1 is 0.288 bits per heavy atom. The van der Waals surface area contributed by atoms with Crippen LogP contribution in [0.15, 0.2) is 0 Å². The summed E-state index contributed by atoms with van der Waals surface area (Å²) in [7, 11) is 2.88. The molecule has 0 saturated heterocycles. The highest BCUT2D eigenvalue weighted by Gasteiger charge is 2.27. The molecule has 390 valence electrons. The molecule has 0 aromatic rings. The molecule has 0 aliphatic heterocycles. The molecule has 0 radical (unpaired) electrons. The van der Waals surface area contributed by atoms with Gasteiger partial charge in [0, 0.05) is 38.9 Å². The lowest BCUT2D eigenvalue weighted by Gasteiger charge is -2.28. The molecule has 0 aliphatic rings. The minimum Gasteiger partial charge on any atom is -0.469 e. The fourth-order valence-electron chi connectivity index (χ4n) is 8.60. The summed E-state index contributed by atoms with van der Waals surface area (Å²) in [6.45, 7) is 10.2. The molecule has 0 bridgehead atoms. The molecule has 0 spiro atoms. The van der Waals surface area contributed by atoms with E-state index < -0.39 is 0 Å². The van der Waals surface area contributed by atoms with Crippen molar-refractivity contribution in [3.05, 3.63) is 0 Å². The summed E-state index contributed by atoms with van der Waals surface area (Å²) >= 11 is 0. The van der Waals surface area contributed by atoms with E-state index in [-0.39, 0.29) is 48.3 Å². The predicted molar refractivity (Wildman–Crippen MR) is 271 cm³/mol. The van der Waals surface area contributed by atoms with Crippen LogP contribution in [-0.2, 0) is 47.6 Å². The Kier molecular flexibility index (Phi) is 47.6. The van der Waals surface area contributed by atoms with Gasteiger partial charge in [0.15, 0.2) is 0 Å². The standard InChI is InChI=1S/C56H106O10/c1-7-11-15-17-23-31-39-49(63-47-13-9-3)52(42-34-26-22-30-36-44-54(58)62-6)66-56(60)46-38-28-20-19-27-37-45-55(59)65-51(41-33-24-18-16-12-8-2)50(64-48-14-10-4)40-32-25-21-29-35-43-53(57)61-5/h49-52H,7-48H2,1-6H3. The Labute approximate surface area is 406 Å². The van der Waals surface area contributed by atoms with Crippen molar-refractivity contribution in [2.75, 3.05) is 27.4 Å². The monoisotopic (exact) mass is 939 g/mol. The smallest absolute Gasteiger partial charge is 0.306 e. The quantitative estimate of drug-likeness (QED) is 0.0331. The summed E-state index contributed by atoms with van der Waals surface area (Å²) in [5.41, 5.74) is 0. The summed E-state index contributed by atoms with van der Waals surface area (Å²) < 4.78 is 35.0. The van der Waals surface area contributed by atoms with E-state index >= 15 is 0 Å². The molecule has 0 saturated carbocycles. The zero-order chi connectivity index (χ0) is 48.6. The maximum Gasteiger partial charge on any atom is 0.306 e. The van der Waals surface area contributed by atoms with E-state index in [1.165, 1.54) is 72.0 Å². The molecule has 4 atom stereocenters. The fourth-order valence-corrected chi connectivity index (χ4v) is 8.60. The number of hydrogen-bond donors (Lipinski definition) is 0. The van der Waals surface area contributed by atoms with E-state index in [4.69, 9.17) is 28.4 Å². The number of carbonyl (C=O) groups excluding carboxylic acids is 4. The first-order chi connectivity index (χ1) is 32.3. The first-order valence-electron chi connectivity index (χ1n) is 28.0. The Hall–Kier alpha value is -2.20. The predicted octanol–water partition coefficient (Wildman–Crippen LogP) is 15.6. The molecule has 66 heavy (non-hydrogen) atoms. The first-order valence-corrected chi connectivity index (χ1v) is 28.0. The molecule has 0 N–H and O–H groups in total. The summed E-state index contributed by atoms with van der Waals surface area (Å²) in [4.78, 5) is 49.5. The summed E-state index contributed by atoms with van der Waals surface area (Å²) in [5, 5.41) is 0. The van der Waals surface area contributed by atoms with E-state index in [1.54, 1.807) is 0 Å². The zero-order valence-corrected chi connectivity index (χ0v) is 44.1. The second-order valence-corrected chi connectivity index (χ2v) is 19.1. The molecule has 0 heterocycles. The van der Waals surface area contributed by atoms with Gasteiger partial charge in [-0.3, -0.25) is 19.2 Å². The minimum absolute atomic E-state index is 0.0654. The topological polar surface area (TPSA) is 124 Å². The molecule has 0 aliphatic carbocycles. The highest BCUT2D eigenvalue weighted by atomic mass is 16.6. The van der Waals surface area contributed by atoms with Crippen molar-refractivity contribution in [2.24, 2.45) is 0 Å². The van der Waals surface area contributed by atoms with Crippen LogP contribution in [0.4, 0.5) is 0 Å². The van der Waals surface area contributed by atoms with Gasteiger partial charge in [0.1, 0.15) is 12.2 Å². The van der Waals surface area contributed by atoms with Crippen LogP contribution in [-0.4, -0.2) is 75.7 Å². The van der Waals surface area contributed by atoms with E-state index in [2.05, 4.69) is 27.7 Å². The number of ether oxygens (including phenoxy) is 6. The largest absolute Gasteiger partial charge is 0.469 e. The van der Waals surface area contributed by atoms with Gasteiger partial charge in [-0.25, -0.2) is 0 Å². The Bertz CT molecular complexity index is 1100. The summed E-state index contributed by atoms with van der Waals surface area (Å²) in [6.07, 6.45) is 38.9. The molecule has 0 aromatic carbocycles. The van der Waals surface area contributed by atoms with Gasteiger partial charge in [-0.2, -0.15) is 0 Å². The number of unbranched alkanes of at least 4 members (excludes halogenated alkanes) is 25. The average Bonchev–Trinajstić information content (AvgIpc) is 3.31. The van der Waals surface area contributed by atoms with Crippen LogP contribution in [0.25, 0.3) is 0 Å². The highest BCUT2D eigenvalue weighted by Crippen LogP contribution is 2.24. The van der Waals surface area contributed by atoms with Gasteiger partial charge >= 0.3 is 23.9 Å². The van der Waals surface area contributed by atoms with E-state index in [0.29, 0.717) is 38.9 Å². The zero-order valence-electron chi connectivity index (χ0n) is 44.1. The van der Waals surface area contributed by atoms with E-state index in [9.17, 15) is 19.2 Å². The average molecular weight is 939 g/mol. The van der Waals surface area contributed by atoms with Crippen molar-refractivity contribution in [1.82, 2.24) is 0 Å². The van der Waals surface area contributed by atoms with Crippen molar-refractivity contribution in [3.63, 3.8) is 0 Å². The van der Waals surface area contributed by atoms with Crippen molar-refractivity contribution >= 4 is 23.9 Å². The number of carbonyl (C=O) groups is 4. The maximum absolute atomic E-state index is 13.3. The van der Waals surface area contributed by atoms with Crippen molar-refractivity contribution in [2.45, 2.75) is 309 Å². The second-order valence-electron chi connectivity index (χ2n) is 19.1. The van der Waals surface area contributed by atoms with E-state index in [1.807, 2.05) is 0 Å². The molecule has 10 heteroatoms. The number of rotatable bonds is 51. The van der Waals surface area contributed by atoms with Crippen LogP contribution in [0.5, 0.6) is 0 Å². The summed E-state index contributed by atoms with van der Waals surface area (Å²) in [5.74, 6) is -0.511. The number of hydrogen-bond acceptors (Lipinski definition) is 10. The third kappa shape index (κ3) is 40.8. The first kappa shape index (κ1) is 63.8. The molecule has 0 fully saturated rings. The Morgan fingerprint density at radius 3 is 0.818 bits per heavy atom. The minimum atomic E-state index is -0.223. The van der Waals surface area contributed by atoms with Gasteiger partial charge in [-0.15, -0.1) is 0 Å². The third-order valence-electron chi connectivity index (χ3n) is 12.9. The molecule has 10 nitrogen and oxygen atoms in total. The molecule has 0 amide bonds. The number of methoxy groups -OCH3 is 2. The molecule has 0 aromatic heterocycles. The van der Waals surface area contributed by atoms with Gasteiger partial charge in [0.25, 0.3) is 0 Å². The fraction of sp³-hybridized carbons (Fsp3) is 0.929. The Morgan fingerprint density at radius 2 is 0.530 bits per heavy atom. The van der Waals surface area contributed by atoms with Crippen molar-refractivity contribution in [3.8, 4) is 0 Å². The van der Waals surface area contributed by atoms with Crippen LogP contribution in [0, 0.1) is 0 Å². The summed E-state index contributed by atoms with van der Waals surface area (Å²) in [6, 6.07) is 0. The van der Waals surface area contributed by atoms with Crippen LogP contribution in [0.3, 0.4) is 0 Å². The lowest BCUT2D eigenvalue weighted by molar-refractivity contribution is -0.160. The van der Waals surface area contributed by atoms with Crippen LogP contribution < -0.4 is 0 Å². The molecule has 0 rings (SSSR count). The van der Waals surface area contributed by atoms with Crippen LogP contribution in [0.1, 0.15) is 285 Å². The third-order valence-corrected chi connectivity index (χ3v) is 12.9. The SMILES string of the molecule is CCCCCCCCC(OCCCC)C(CCCCCCCC(=O)OC)OC(=O)CCCCCCCCC(=O)OC(CCCCCCCC)C(CCCCCCCC(=O)OC)OCCCC. The van der Waals surface area contributed by atoms with Crippen LogP contribution >= 0.6 is 0 Å². The number of esters is 4. The van der Waals surface area contributed by atoms with Crippen LogP contribution in [0.2, 0.25) is 0 Å². The molecular weight excluding hydrogens is 833 g/mol. The maximum atomic E-state index is 13.3. The lowest BCUT2D eigenvalue weighted by Crippen LogP contribution is -2.34. The van der Waals surface area contributed by atoms with Crippen molar-refractivity contribution < 1.29 is 47.6 Å². The van der Waals surface area contributed by atoms with Gasteiger partial charge in [-0.05, 0) is 77.0 Å². The Balaban J connectivity index is 5.07. The van der Waals surface area contributed by atoms with E-state index in [0.717, 1.165) is 173 Å². The normalized spacial score (nSPS) is 13.2. The second kappa shape index (κ2) is 49.2. The van der Waals surface area contributed by atoms with Crippen molar-refractivity contribution in [1.29, 1.82) is 0 Å².